The van der Waals surface area contributed by atoms with E-state index < -0.39 is 0 Å². The molecular weight excluding hydrogens is 257 g/mol. The van der Waals surface area contributed by atoms with Crippen molar-refractivity contribution in [2.45, 2.75) is 6.54 Å². The molecule has 0 N–H and O–H groups in total. The molecule has 0 aliphatic carbocycles. The Morgan fingerprint density at radius 1 is 1.35 bits per heavy atom. The van der Waals surface area contributed by atoms with Crippen LogP contribution in [0.25, 0.3) is 0 Å². The molecule has 0 saturated heterocycles. The maximum absolute atomic E-state index is 13.1. The molecule has 2 aromatic rings. The lowest BCUT2D eigenvalue weighted by Crippen LogP contribution is -2.27. The lowest BCUT2D eigenvalue weighted by Gasteiger charge is -2.16. The third-order valence-corrected chi connectivity index (χ3v) is 2.74. The molecule has 0 fully saturated rings. The maximum Gasteiger partial charge on any atom is 0.272 e. The molecule has 0 saturated carbocycles. The minimum absolute atomic E-state index is 0.190. The van der Waals surface area contributed by atoms with E-state index in [0.717, 1.165) is 0 Å². The summed E-state index contributed by atoms with van der Waals surface area (Å²) < 4.78 is 13.1. The molecule has 2 rings (SSSR count). The molecule has 4 nitrogen and oxygen atoms in total. The molecule has 0 spiro atoms. The third-order valence-electron chi connectivity index (χ3n) is 2.74. The van der Waals surface area contributed by atoms with E-state index in [9.17, 15) is 9.18 Å². The van der Waals surface area contributed by atoms with Crippen molar-refractivity contribution in [3.8, 4) is 6.07 Å². The summed E-state index contributed by atoms with van der Waals surface area (Å²) in [6, 6.07) is 12.6. The van der Waals surface area contributed by atoms with Gasteiger partial charge in [-0.25, -0.2) is 9.37 Å². The molecule has 20 heavy (non-hydrogen) atoms. The van der Waals surface area contributed by atoms with Gasteiger partial charge in [-0.2, -0.15) is 5.26 Å². The van der Waals surface area contributed by atoms with Gasteiger partial charge in [0.1, 0.15) is 23.3 Å². The van der Waals surface area contributed by atoms with Crippen molar-refractivity contribution in [2.75, 3.05) is 7.05 Å². The lowest BCUT2D eigenvalue weighted by molar-refractivity contribution is 0.0779. The molecule has 0 atom stereocenters. The molecular formula is C15H12FN3O. The number of nitrogens with zero attached hydrogens (tertiary/aromatic N) is 3. The average Bonchev–Trinajstić information content (AvgIpc) is 2.46. The largest absolute Gasteiger partial charge is 0.336 e. The summed E-state index contributed by atoms with van der Waals surface area (Å²) in [6.07, 6.45) is 0. The topological polar surface area (TPSA) is 57.0 Å². The van der Waals surface area contributed by atoms with Gasteiger partial charge in [-0.15, -0.1) is 0 Å². The fourth-order valence-corrected chi connectivity index (χ4v) is 1.79. The van der Waals surface area contributed by atoms with E-state index in [1.165, 1.54) is 23.1 Å². The zero-order valence-corrected chi connectivity index (χ0v) is 10.9. The molecule has 5 heteroatoms. The van der Waals surface area contributed by atoms with Gasteiger partial charge in [-0.3, -0.25) is 4.79 Å². The van der Waals surface area contributed by atoms with E-state index in [2.05, 4.69) is 4.98 Å². The molecule has 1 amide bonds. The summed E-state index contributed by atoms with van der Waals surface area (Å²) in [7, 11) is 1.61. The minimum Gasteiger partial charge on any atom is -0.336 e. The summed E-state index contributed by atoms with van der Waals surface area (Å²) in [5, 5.41) is 8.77. The molecule has 1 aromatic carbocycles. The zero-order valence-electron chi connectivity index (χ0n) is 10.9. The van der Waals surface area contributed by atoms with Gasteiger partial charge >= 0.3 is 0 Å². The Hall–Kier alpha value is -2.74. The second-order valence-electron chi connectivity index (χ2n) is 4.31. The fourth-order valence-electron chi connectivity index (χ4n) is 1.79. The van der Waals surface area contributed by atoms with Crippen LogP contribution in [0.15, 0.2) is 42.5 Å². The van der Waals surface area contributed by atoms with E-state index in [-0.39, 0.29) is 29.7 Å². The molecule has 100 valence electrons. The first-order chi connectivity index (χ1) is 9.60. The number of pyridine rings is 1. The Morgan fingerprint density at radius 3 is 2.80 bits per heavy atom. The Morgan fingerprint density at radius 2 is 2.10 bits per heavy atom. The van der Waals surface area contributed by atoms with Crippen LogP contribution >= 0.6 is 0 Å². The third kappa shape index (κ3) is 3.18. The van der Waals surface area contributed by atoms with Gasteiger partial charge in [0.25, 0.3) is 5.91 Å². The monoisotopic (exact) mass is 269 g/mol. The first-order valence-corrected chi connectivity index (χ1v) is 5.97. The van der Waals surface area contributed by atoms with Crippen molar-refractivity contribution in [3.63, 3.8) is 0 Å². The number of halogens is 1. The average molecular weight is 269 g/mol. The normalized spacial score (nSPS) is 9.85. The van der Waals surface area contributed by atoms with Crippen LogP contribution in [-0.2, 0) is 6.54 Å². The highest BCUT2D eigenvalue weighted by atomic mass is 19.1. The second kappa shape index (κ2) is 5.93. The molecule has 0 radical (unpaired) electrons. The van der Waals surface area contributed by atoms with Crippen molar-refractivity contribution < 1.29 is 9.18 Å². The Kier molecular flexibility index (Phi) is 4.06. The number of carbonyl (C=O) groups is 1. The van der Waals surface area contributed by atoms with Gasteiger partial charge in [0.2, 0.25) is 0 Å². The van der Waals surface area contributed by atoms with E-state index >= 15 is 0 Å². The van der Waals surface area contributed by atoms with Gasteiger partial charge in [-0.1, -0.05) is 18.2 Å². The highest BCUT2D eigenvalue weighted by molar-refractivity contribution is 5.92. The number of carbonyl (C=O) groups excluding carboxylic acids is 1. The summed E-state index contributed by atoms with van der Waals surface area (Å²) in [5.74, 6) is -0.653. The number of hydrogen-bond acceptors (Lipinski definition) is 3. The standard InChI is InChI=1S/C15H12FN3O/c1-19(10-11-4-2-5-12(16)8-11)15(20)14-7-3-6-13(9-17)18-14/h2-8H,10H2,1H3. The molecule has 0 aliphatic heterocycles. The first kappa shape index (κ1) is 13.7. The van der Waals surface area contributed by atoms with Gasteiger partial charge in [0.15, 0.2) is 0 Å². The zero-order chi connectivity index (χ0) is 14.5. The van der Waals surface area contributed by atoms with Crippen molar-refractivity contribution in [3.05, 3.63) is 65.2 Å². The van der Waals surface area contributed by atoms with Crippen molar-refractivity contribution in [1.29, 1.82) is 5.26 Å². The van der Waals surface area contributed by atoms with E-state index in [4.69, 9.17) is 5.26 Å². The molecule has 0 unspecified atom stereocenters. The lowest BCUT2D eigenvalue weighted by atomic mass is 10.2. The Labute approximate surface area is 116 Å². The number of rotatable bonds is 3. The SMILES string of the molecule is CN(Cc1cccc(F)c1)C(=O)c1cccc(C#N)n1. The van der Waals surface area contributed by atoms with Crippen LogP contribution in [0.1, 0.15) is 21.7 Å². The second-order valence-corrected chi connectivity index (χ2v) is 4.31. The molecule has 1 aromatic heterocycles. The number of aromatic nitrogens is 1. The number of amides is 1. The van der Waals surface area contributed by atoms with Gasteiger partial charge in [0.05, 0.1) is 0 Å². The number of benzene rings is 1. The van der Waals surface area contributed by atoms with Crippen molar-refractivity contribution >= 4 is 5.91 Å². The molecule has 0 aliphatic rings. The first-order valence-electron chi connectivity index (χ1n) is 5.97. The van der Waals surface area contributed by atoms with Gasteiger partial charge in [-0.05, 0) is 29.8 Å². The molecule has 0 bridgehead atoms. The van der Waals surface area contributed by atoms with Crippen LogP contribution < -0.4 is 0 Å². The minimum atomic E-state index is -0.340. The summed E-state index contributed by atoms with van der Waals surface area (Å²) in [4.78, 5) is 17.5. The van der Waals surface area contributed by atoms with E-state index in [1.54, 1.807) is 31.3 Å². The van der Waals surface area contributed by atoms with E-state index in [1.807, 2.05) is 6.07 Å². The van der Waals surface area contributed by atoms with E-state index in [0.29, 0.717) is 5.56 Å². The van der Waals surface area contributed by atoms with Crippen LogP contribution in [0, 0.1) is 17.1 Å². The fraction of sp³-hybridized carbons (Fsp3) is 0.133. The van der Waals surface area contributed by atoms with Crippen molar-refractivity contribution in [1.82, 2.24) is 9.88 Å². The van der Waals surface area contributed by atoms with Crippen LogP contribution in [0.2, 0.25) is 0 Å². The molecule has 1 heterocycles. The van der Waals surface area contributed by atoms with Crippen LogP contribution in [-0.4, -0.2) is 22.8 Å². The summed E-state index contributed by atoms with van der Waals surface area (Å²) >= 11 is 0. The number of nitriles is 1. The highest BCUT2D eigenvalue weighted by Gasteiger charge is 2.14. The van der Waals surface area contributed by atoms with Crippen LogP contribution in [0.5, 0.6) is 0 Å². The van der Waals surface area contributed by atoms with Gasteiger partial charge < -0.3 is 4.90 Å². The number of hydrogen-bond donors (Lipinski definition) is 0. The summed E-state index contributed by atoms with van der Waals surface area (Å²) in [5.41, 5.74) is 1.08. The van der Waals surface area contributed by atoms with Crippen molar-refractivity contribution in [2.24, 2.45) is 0 Å². The Bertz CT molecular complexity index is 679. The maximum atomic E-state index is 13.1. The van der Waals surface area contributed by atoms with Gasteiger partial charge in [0, 0.05) is 13.6 Å². The van der Waals surface area contributed by atoms with Crippen LogP contribution in [0.3, 0.4) is 0 Å². The quantitative estimate of drug-likeness (QED) is 0.859. The Balaban J connectivity index is 2.14. The smallest absolute Gasteiger partial charge is 0.272 e. The highest BCUT2D eigenvalue weighted by Crippen LogP contribution is 2.09. The predicted molar refractivity (Wildman–Crippen MR) is 71.1 cm³/mol. The summed E-state index contributed by atoms with van der Waals surface area (Å²) in [6.45, 7) is 0.273. The predicted octanol–water partition coefficient (Wildman–Crippen LogP) is 2.36. The van der Waals surface area contributed by atoms with Crippen LogP contribution in [0.4, 0.5) is 4.39 Å².